The average Bonchev–Trinajstić information content (AvgIpc) is 3.19. The van der Waals surface area contributed by atoms with Gasteiger partial charge in [0.2, 0.25) is 10.0 Å². The van der Waals surface area contributed by atoms with E-state index in [2.05, 4.69) is 24.1 Å². The number of nitrogens with one attached hydrogen (secondary N) is 1. The van der Waals surface area contributed by atoms with Crippen molar-refractivity contribution < 1.29 is 26.4 Å². The van der Waals surface area contributed by atoms with E-state index in [1.807, 2.05) is 18.2 Å². The van der Waals surface area contributed by atoms with Gasteiger partial charge >= 0.3 is 6.18 Å². The molecule has 1 aromatic rings. The highest BCUT2D eigenvalue weighted by Gasteiger charge is 2.42. The summed E-state index contributed by atoms with van der Waals surface area (Å²) in [5.74, 6) is -0.409. The molecule has 0 spiro atoms. The topological polar surface area (TPSA) is 69.7 Å². The van der Waals surface area contributed by atoms with Crippen molar-refractivity contribution in [3.63, 3.8) is 0 Å². The average molecular weight is 544 g/mol. The molecule has 1 aliphatic carbocycles. The molecule has 1 amide bonds. The van der Waals surface area contributed by atoms with Gasteiger partial charge in [-0.2, -0.15) is 13.2 Å². The van der Waals surface area contributed by atoms with E-state index >= 15 is 0 Å². The SMILES string of the molecule is CC(C)[C@H]1c2ccc(C(=O)NCC3CCN(S(C)(=O)=O)CC3)cc2CN1CC1CCC(C(F)(F)F)CC1. The molecule has 0 bridgehead atoms. The van der Waals surface area contributed by atoms with Gasteiger partial charge in [0.25, 0.3) is 5.91 Å². The van der Waals surface area contributed by atoms with Gasteiger partial charge in [-0.15, -0.1) is 0 Å². The first-order valence-electron chi connectivity index (χ1n) is 13.5. The molecule has 1 saturated heterocycles. The molecule has 1 saturated carbocycles. The molecular weight excluding hydrogens is 503 g/mol. The summed E-state index contributed by atoms with van der Waals surface area (Å²) in [7, 11) is -3.17. The number of carbonyl (C=O) groups is 1. The Hall–Kier alpha value is -1.65. The molecule has 208 valence electrons. The normalized spacial score (nSPS) is 26.4. The molecule has 3 aliphatic rings. The number of hydrogen-bond donors (Lipinski definition) is 1. The first-order valence-corrected chi connectivity index (χ1v) is 15.3. The first-order chi connectivity index (χ1) is 17.3. The van der Waals surface area contributed by atoms with Crippen LogP contribution in [0.5, 0.6) is 0 Å². The van der Waals surface area contributed by atoms with E-state index in [-0.39, 0.29) is 36.6 Å². The summed E-state index contributed by atoms with van der Waals surface area (Å²) in [6, 6.07) is 6.08. The van der Waals surface area contributed by atoms with Crippen molar-refractivity contribution >= 4 is 15.9 Å². The lowest BCUT2D eigenvalue weighted by Gasteiger charge is -2.35. The van der Waals surface area contributed by atoms with Crippen molar-refractivity contribution in [1.29, 1.82) is 0 Å². The molecule has 0 aromatic heterocycles. The summed E-state index contributed by atoms with van der Waals surface area (Å²) in [5.41, 5.74) is 2.95. The number of halogens is 3. The fraction of sp³-hybridized carbons (Fsp3) is 0.741. The molecule has 1 N–H and O–H groups in total. The lowest BCUT2D eigenvalue weighted by atomic mass is 9.81. The molecule has 6 nitrogen and oxygen atoms in total. The zero-order chi connectivity index (χ0) is 27.0. The lowest BCUT2D eigenvalue weighted by molar-refractivity contribution is -0.184. The Bertz CT molecular complexity index is 1060. The molecule has 37 heavy (non-hydrogen) atoms. The summed E-state index contributed by atoms with van der Waals surface area (Å²) < 4.78 is 64.1. The predicted octanol–water partition coefficient (Wildman–Crippen LogP) is 4.97. The molecule has 2 aliphatic heterocycles. The maximum Gasteiger partial charge on any atom is 0.391 e. The van der Waals surface area contributed by atoms with Crippen LogP contribution in [-0.4, -0.2) is 62.1 Å². The van der Waals surface area contributed by atoms with Crippen molar-refractivity contribution in [3.8, 4) is 0 Å². The van der Waals surface area contributed by atoms with Gasteiger partial charge in [0, 0.05) is 44.3 Å². The van der Waals surface area contributed by atoms with Gasteiger partial charge in [-0.3, -0.25) is 9.69 Å². The Labute approximate surface area is 219 Å². The van der Waals surface area contributed by atoms with E-state index in [1.165, 1.54) is 16.1 Å². The standard InChI is InChI=1S/C27H40F3N3O3S/c1-18(2)25-24-9-6-21(26(34)31-15-19-10-12-33(13-11-19)37(3,35)36)14-22(24)17-32(25)16-20-4-7-23(8-5-20)27(28,29)30/h6,9,14,18-20,23,25H,4-5,7-8,10-13,15-17H2,1-3H3,(H,31,34)/t20?,23?,25-/m0/s1. The molecule has 4 rings (SSSR count). The highest BCUT2D eigenvalue weighted by Crippen LogP contribution is 2.43. The molecule has 10 heteroatoms. The van der Waals surface area contributed by atoms with Gasteiger partial charge in [-0.1, -0.05) is 19.9 Å². The van der Waals surface area contributed by atoms with Crippen LogP contribution in [0, 0.1) is 23.7 Å². The maximum atomic E-state index is 13.1. The summed E-state index contributed by atoms with van der Waals surface area (Å²) in [4.78, 5) is 15.3. The van der Waals surface area contributed by atoms with Crippen LogP contribution in [0.3, 0.4) is 0 Å². The number of carbonyl (C=O) groups excluding carboxylic acids is 1. The van der Waals surface area contributed by atoms with Crippen LogP contribution < -0.4 is 5.32 Å². The monoisotopic (exact) mass is 543 g/mol. The van der Waals surface area contributed by atoms with E-state index < -0.39 is 22.1 Å². The minimum absolute atomic E-state index is 0.127. The van der Waals surface area contributed by atoms with Gasteiger partial charge < -0.3 is 5.32 Å². The van der Waals surface area contributed by atoms with Crippen molar-refractivity contribution in [3.05, 3.63) is 34.9 Å². The van der Waals surface area contributed by atoms with Crippen LogP contribution in [0.2, 0.25) is 0 Å². The Morgan fingerprint density at radius 3 is 2.27 bits per heavy atom. The number of amides is 1. The van der Waals surface area contributed by atoms with Crippen molar-refractivity contribution in [2.45, 2.75) is 71.1 Å². The Morgan fingerprint density at radius 2 is 1.70 bits per heavy atom. The maximum absolute atomic E-state index is 13.1. The summed E-state index contributed by atoms with van der Waals surface area (Å²) >= 11 is 0. The molecule has 2 fully saturated rings. The van der Waals surface area contributed by atoms with Crippen LogP contribution in [0.15, 0.2) is 18.2 Å². The summed E-state index contributed by atoms with van der Waals surface area (Å²) in [5, 5.41) is 3.03. The Morgan fingerprint density at radius 1 is 1.05 bits per heavy atom. The number of benzene rings is 1. The van der Waals surface area contributed by atoms with Crippen LogP contribution in [0.1, 0.15) is 79.9 Å². The van der Waals surface area contributed by atoms with Gasteiger partial charge in [0.1, 0.15) is 0 Å². The number of rotatable bonds is 7. The zero-order valence-electron chi connectivity index (χ0n) is 22.1. The van der Waals surface area contributed by atoms with Crippen molar-refractivity contribution in [2.75, 3.05) is 32.4 Å². The quantitative estimate of drug-likeness (QED) is 0.527. The smallest absolute Gasteiger partial charge is 0.352 e. The van der Waals surface area contributed by atoms with E-state index in [9.17, 15) is 26.4 Å². The molecule has 1 aromatic carbocycles. The van der Waals surface area contributed by atoms with Gasteiger partial charge in [0.15, 0.2) is 0 Å². The van der Waals surface area contributed by atoms with Crippen molar-refractivity contribution in [2.24, 2.45) is 23.7 Å². The molecule has 0 radical (unpaired) electrons. The van der Waals surface area contributed by atoms with E-state index in [0.29, 0.717) is 50.5 Å². The third kappa shape index (κ3) is 6.87. The number of piperidine rings is 1. The second kappa shape index (κ2) is 11.2. The summed E-state index contributed by atoms with van der Waals surface area (Å²) in [6.45, 7) is 7.34. The van der Waals surface area contributed by atoms with Gasteiger partial charge in [-0.25, -0.2) is 12.7 Å². The largest absolute Gasteiger partial charge is 0.391 e. The predicted molar refractivity (Wildman–Crippen MR) is 137 cm³/mol. The molecule has 2 heterocycles. The Kier molecular flexibility index (Phi) is 8.60. The van der Waals surface area contributed by atoms with Crippen molar-refractivity contribution in [1.82, 2.24) is 14.5 Å². The number of sulfonamides is 1. The van der Waals surface area contributed by atoms with E-state index in [0.717, 1.165) is 24.9 Å². The highest BCUT2D eigenvalue weighted by atomic mass is 32.2. The van der Waals surface area contributed by atoms with Gasteiger partial charge in [-0.05, 0) is 79.5 Å². The van der Waals surface area contributed by atoms with Crippen LogP contribution in [0.25, 0.3) is 0 Å². The zero-order valence-corrected chi connectivity index (χ0v) is 22.9. The third-order valence-electron chi connectivity index (χ3n) is 8.52. The second-order valence-corrected chi connectivity index (χ2v) is 13.6. The number of nitrogens with zero attached hydrogens (tertiary/aromatic N) is 2. The van der Waals surface area contributed by atoms with Crippen LogP contribution in [0.4, 0.5) is 13.2 Å². The third-order valence-corrected chi connectivity index (χ3v) is 9.82. The Balaban J connectivity index is 1.33. The van der Waals surface area contributed by atoms with E-state index in [4.69, 9.17) is 0 Å². The second-order valence-electron chi connectivity index (χ2n) is 11.6. The highest BCUT2D eigenvalue weighted by molar-refractivity contribution is 7.88. The lowest BCUT2D eigenvalue weighted by Crippen LogP contribution is -2.41. The van der Waals surface area contributed by atoms with Gasteiger partial charge in [0.05, 0.1) is 12.2 Å². The molecule has 1 atom stereocenters. The van der Waals surface area contributed by atoms with Crippen LogP contribution in [-0.2, 0) is 16.6 Å². The number of hydrogen-bond acceptors (Lipinski definition) is 4. The minimum atomic E-state index is -4.08. The molecular formula is C27H40F3N3O3S. The fourth-order valence-corrected chi connectivity index (χ4v) is 7.31. The summed E-state index contributed by atoms with van der Waals surface area (Å²) in [6.07, 6.45) is 0.266. The first kappa shape index (κ1) is 28.4. The van der Waals surface area contributed by atoms with Crippen LogP contribution >= 0.6 is 0 Å². The minimum Gasteiger partial charge on any atom is -0.352 e. The van der Waals surface area contributed by atoms with E-state index in [1.54, 1.807) is 0 Å². The fourth-order valence-electron chi connectivity index (χ4n) is 6.43. The molecule has 0 unspecified atom stereocenters. The number of alkyl halides is 3. The number of fused-ring (bicyclic) bond motifs is 1.